The van der Waals surface area contributed by atoms with Crippen molar-refractivity contribution >= 4 is 11.9 Å². The fourth-order valence-electron chi connectivity index (χ4n) is 2.08. The quantitative estimate of drug-likeness (QED) is 0.541. The summed E-state index contributed by atoms with van der Waals surface area (Å²) in [5.74, 6) is 0.0107. The summed E-state index contributed by atoms with van der Waals surface area (Å²) in [7, 11) is 1.46. The zero-order valence-electron chi connectivity index (χ0n) is 14.2. The molecule has 6 heteroatoms. The molecule has 0 spiro atoms. The predicted octanol–water partition coefficient (Wildman–Crippen LogP) is 2.99. The van der Waals surface area contributed by atoms with E-state index in [0.717, 1.165) is 5.56 Å². The molecule has 132 valence electrons. The van der Waals surface area contributed by atoms with Crippen molar-refractivity contribution in [2.24, 2.45) is 0 Å². The molecule has 0 aliphatic rings. The van der Waals surface area contributed by atoms with E-state index in [0.29, 0.717) is 17.1 Å². The van der Waals surface area contributed by atoms with E-state index in [-0.39, 0.29) is 25.8 Å². The summed E-state index contributed by atoms with van der Waals surface area (Å²) in [6.45, 7) is 1.88. The average Bonchev–Trinajstić information content (AvgIpc) is 2.63. The Kier molecular flexibility index (Phi) is 6.83. The van der Waals surface area contributed by atoms with Crippen LogP contribution in [0.25, 0.3) is 0 Å². The third-order valence-corrected chi connectivity index (χ3v) is 3.26. The molecule has 25 heavy (non-hydrogen) atoms. The van der Waals surface area contributed by atoms with Crippen LogP contribution in [0.15, 0.2) is 48.5 Å². The van der Waals surface area contributed by atoms with Gasteiger partial charge in [-0.1, -0.05) is 30.3 Å². The minimum absolute atomic E-state index is 0.151. The molecular formula is C19H20O6. The number of hydrogen-bond donors (Lipinski definition) is 0. The number of methoxy groups -OCH3 is 1. The SMILES string of the molecule is COc1cc(OCCOC(C)=O)ccc1C(=O)OCc1ccccc1. The number of esters is 2. The number of carbonyl (C=O) groups is 2. The molecular weight excluding hydrogens is 324 g/mol. The Hall–Kier alpha value is -3.02. The van der Waals surface area contributed by atoms with Gasteiger partial charge in [0.1, 0.15) is 36.9 Å². The van der Waals surface area contributed by atoms with Crippen LogP contribution in [0.4, 0.5) is 0 Å². The molecule has 0 N–H and O–H groups in total. The second-order valence-corrected chi connectivity index (χ2v) is 5.11. The summed E-state index contributed by atoms with van der Waals surface area (Å²) in [4.78, 5) is 22.9. The molecule has 0 aromatic heterocycles. The van der Waals surface area contributed by atoms with E-state index in [9.17, 15) is 9.59 Å². The molecule has 2 aromatic rings. The van der Waals surface area contributed by atoms with Crippen molar-refractivity contribution in [2.45, 2.75) is 13.5 Å². The normalized spacial score (nSPS) is 10.0. The lowest BCUT2D eigenvalue weighted by atomic mass is 10.2. The van der Waals surface area contributed by atoms with Crippen LogP contribution in [0.5, 0.6) is 11.5 Å². The Morgan fingerprint density at radius 1 is 0.960 bits per heavy atom. The summed E-state index contributed by atoms with van der Waals surface area (Å²) in [6, 6.07) is 14.2. The Balaban J connectivity index is 1.95. The summed E-state index contributed by atoms with van der Waals surface area (Å²) in [5.41, 5.74) is 1.21. The van der Waals surface area contributed by atoms with Crippen LogP contribution < -0.4 is 9.47 Å². The lowest BCUT2D eigenvalue weighted by Gasteiger charge is -2.12. The van der Waals surface area contributed by atoms with Crippen LogP contribution in [-0.2, 0) is 20.9 Å². The van der Waals surface area contributed by atoms with Crippen LogP contribution in [0, 0.1) is 0 Å². The number of carbonyl (C=O) groups excluding carboxylic acids is 2. The van der Waals surface area contributed by atoms with Gasteiger partial charge in [0, 0.05) is 13.0 Å². The van der Waals surface area contributed by atoms with Crippen molar-refractivity contribution in [3.8, 4) is 11.5 Å². The van der Waals surface area contributed by atoms with Crippen molar-refractivity contribution in [3.05, 3.63) is 59.7 Å². The van der Waals surface area contributed by atoms with E-state index in [2.05, 4.69) is 0 Å². The van der Waals surface area contributed by atoms with Gasteiger partial charge >= 0.3 is 11.9 Å². The van der Waals surface area contributed by atoms with Crippen molar-refractivity contribution in [2.75, 3.05) is 20.3 Å². The largest absolute Gasteiger partial charge is 0.496 e. The smallest absolute Gasteiger partial charge is 0.342 e. The maximum atomic E-state index is 12.2. The lowest BCUT2D eigenvalue weighted by molar-refractivity contribution is -0.141. The van der Waals surface area contributed by atoms with Crippen molar-refractivity contribution in [3.63, 3.8) is 0 Å². The van der Waals surface area contributed by atoms with Gasteiger partial charge < -0.3 is 18.9 Å². The highest BCUT2D eigenvalue weighted by Gasteiger charge is 2.15. The molecule has 6 nitrogen and oxygen atoms in total. The molecule has 0 aliphatic heterocycles. The number of hydrogen-bond acceptors (Lipinski definition) is 6. The number of ether oxygens (including phenoxy) is 4. The van der Waals surface area contributed by atoms with Gasteiger partial charge in [-0.3, -0.25) is 4.79 Å². The molecule has 0 aliphatic carbocycles. The summed E-state index contributed by atoms with van der Waals surface area (Å²) >= 11 is 0. The monoisotopic (exact) mass is 344 g/mol. The fraction of sp³-hybridized carbons (Fsp3) is 0.263. The van der Waals surface area contributed by atoms with Crippen molar-refractivity contribution in [1.29, 1.82) is 0 Å². The summed E-state index contributed by atoms with van der Waals surface area (Å²) < 4.78 is 20.8. The van der Waals surface area contributed by atoms with Crippen LogP contribution in [0.3, 0.4) is 0 Å². The third kappa shape index (κ3) is 5.84. The van der Waals surface area contributed by atoms with E-state index < -0.39 is 5.97 Å². The highest BCUT2D eigenvalue weighted by molar-refractivity contribution is 5.92. The molecule has 0 radical (unpaired) electrons. The van der Waals surface area contributed by atoms with Gasteiger partial charge in [0.05, 0.1) is 7.11 Å². The van der Waals surface area contributed by atoms with E-state index in [1.54, 1.807) is 18.2 Å². The Morgan fingerprint density at radius 2 is 1.72 bits per heavy atom. The Labute approximate surface area is 146 Å². The Bertz CT molecular complexity index is 711. The molecule has 0 fully saturated rings. The van der Waals surface area contributed by atoms with Gasteiger partial charge in [0.2, 0.25) is 0 Å². The summed E-state index contributed by atoms with van der Waals surface area (Å²) in [5, 5.41) is 0. The topological polar surface area (TPSA) is 71.1 Å². The van der Waals surface area contributed by atoms with Crippen LogP contribution in [-0.4, -0.2) is 32.3 Å². The highest BCUT2D eigenvalue weighted by Crippen LogP contribution is 2.25. The molecule has 0 bridgehead atoms. The average molecular weight is 344 g/mol. The molecule has 0 amide bonds. The highest BCUT2D eigenvalue weighted by atomic mass is 16.6. The van der Waals surface area contributed by atoms with Gasteiger partial charge in [-0.2, -0.15) is 0 Å². The van der Waals surface area contributed by atoms with Crippen LogP contribution in [0.1, 0.15) is 22.8 Å². The number of benzene rings is 2. The van der Waals surface area contributed by atoms with Crippen LogP contribution >= 0.6 is 0 Å². The van der Waals surface area contributed by atoms with Gasteiger partial charge in [-0.05, 0) is 17.7 Å². The maximum Gasteiger partial charge on any atom is 0.342 e. The second kappa shape index (κ2) is 9.32. The minimum Gasteiger partial charge on any atom is -0.496 e. The van der Waals surface area contributed by atoms with E-state index in [1.807, 2.05) is 30.3 Å². The van der Waals surface area contributed by atoms with E-state index in [1.165, 1.54) is 14.0 Å². The summed E-state index contributed by atoms with van der Waals surface area (Å²) in [6.07, 6.45) is 0. The first-order valence-corrected chi connectivity index (χ1v) is 7.75. The molecule has 2 aromatic carbocycles. The second-order valence-electron chi connectivity index (χ2n) is 5.11. The van der Waals surface area contributed by atoms with Gasteiger partial charge in [0.25, 0.3) is 0 Å². The first-order chi connectivity index (χ1) is 12.1. The van der Waals surface area contributed by atoms with Gasteiger partial charge in [-0.25, -0.2) is 4.79 Å². The predicted molar refractivity (Wildman–Crippen MR) is 90.7 cm³/mol. The zero-order chi connectivity index (χ0) is 18.1. The fourth-order valence-corrected chi connectivity index (χ4v) is 2.08. The zero-order valence-corrected chi connectivity index (χ0v) is 14.2. The Morgan fingerprint density at radius 3 is 2.40 bits per heavy atom. The molecule has 0 atom stereocenters. The van der Waals surface area contributed by atoms with E-state index in [4.69, 9.17) is 18.9 Å². The van der Waals surface area contributed by atoms with Crippen molar-refractivity contribution in [1.82, 2.24) is 0 Å². The van der Waals surface area contributed by atoms with Gasteiger partial charge in [-0.15, -0.1) is 0 Å². The standard InChI is InChI=1S/C19H20O6/c1-14(20)23-10-11-24-16-8-9-17(18(12-16)22-2)19(21)25-13-15-6-4-3-5-7-15/h3-9,12H,10-11,13H2,1-2H3. The first-order valence-electron chi connectivity index (χ1n) is 7.75. The molecule has 0 heterocycles. The number of rotatable bonds is 8. The third-order valence-electron chi connectivity index (χ3n) is 3.26. The molecule has 0 saturated heterocycles. The van der Waals surface area contributed by atoms with Gasteiger partial charge in [0.15, 0.2) is 0 Å². The van der Waals surface area contributed by atoms with Crippen LogP contribution in [0.2, 0.25) is 0 Å². The maximum absolute atomic E-state index is 12.2. The first kappa shape index (κ1) is 18.3. The minimum atomic E-state index is -0.479. The molecule has 2 rings (SSSR count). The van der Waals surface area contributed by atoms with E-state index >= 15 is 0 Å². The molecule has 0 saturated carbocycles. The lowest BCUT2D eigenvalue weighted by Crippen LogP contribution is -2.10. The molecule has 0 unspecified atom stereocenters. The van der Waals surface area contributed by atoms with Crippen molar-refractivity contribution < 1.29 is 28.5 Å².